The number of esters is 1. The highest BCUT2D eigenvalue weighted by Crippen LogP contribution is 2.22. The number of nitrogens with zero attached hydrogens (tertiary/aromatic N) is 3. The minimum absolute atomic E-state index is 0.0817. The molecule has 1 aromatic heterocycles. The summed E-state index contributed by atoms with van der Waals surface area (Å²) in [5, 5.41) is 2.72. The molecule has 0 aliphatic heterocycles. The van der Waals surface area contributed by atoms with Gasteiger partial charge in [0.1, 0.15) is 6.54 Å². The number of hydrogen-bond acceptors (Lipinski definition) is 6. The molecule has 1 heterocycles. The van der Waals surface area contributed by atoms with Crippen LogP contribution in [-0.4, -0.2) is 43.6 Å². The van der Waals surface area contributed by atoms with Crippen molar-refractivity contribution in [1.82, 2.24) is 4.57 Å². The van der Waals surface area contributed by atoms with Crippen molar-refractivity contribution in [2.45, 2.75) is 13.5 Å². The number of carbonyl (C=O) groups excluding carboxylic acids is 3. The van der Waals surface area contributed by atoms with Crippen molar-refractivity contribution in [2.24, 2.45) is 4.99 Å². The highest BCUT2D eigenvalue weighted by atomic mass is 32.1. The predicted molar refractivity (Wildman–Crippen MR) is 117 cm³/mol. The van der Waals surface area contributed by atoms with Crippen LogP contribution >= 0.6 is 11.3 Å². The van der Waals surface area contributed by atoms with Crippen LogP contribution in [0.1, 0.15) is 17.3 Å². The van der Waals surface area contributed by atoms with Crippen molar-refractivity contribution in [3.8, 4) is 0 Å². The van der Waals surface area contributed by atoms with Crippen LogP contribution in [-0.2, 0) is 20.9 Å². The molecule has 0 unspecified atom stereocenters. The number of aromatic nitrogens is 1. The second kappa shape index (κ2) is 8.91. The van der Waals surface area contributed by atoms with Gasteiger partial charge < -0.3 is 19.5 Å². The summed E-state index contributed by atoms with van der Waals surface area (Å²) in [6, 6.07) is 12.4. The normalized spacial score (nSPS) is 11.4. The molecule has 0 saturated heterocycles. The lowest BCUT2D eigenvalue weighted by Crippen LogP contribution is -2.22. The topological polar surface area (TPSA) is 93.0 Å². The van der Waals surface area contributed by atoms with Crippen LogP contribution in [0.5, 0.6) is 0 Å². The molecule has 3 rings (SSSR count). The second-order valence-electron chi connectivity index (χ2n) is 6.77. The van der Waals surface area contributed by atoms with Crippen LogP contribution in [0, 0.1) is 0 Å². The molecule has 9 heteroatoms. The van der Waals surface area contributed by atoms with Crippen LogP contribution in [0.15, 0.2) is 47.5 Å². The van der Waals surface area contributed by atoms with Crippen LogP contribution in [0.3, 0.4) is 0 Å². The van der Waals surface area contributed by atoms with E-state index in [1.54, 1.807) is 34.9 Å². The first-order valence-electron chi connectivity index (χ1n) is 9.12. The molecule has 0 aliphatic carbocycles. The van der Waals surface area contributed by atoms with Crippen LogP contribution < -0.4 is 15.0 Å². The highest BCUT2D eigenvalue weighted by Gasteiger charge is 2.13. The zero-order valence-electron chi connectivity index (χ0n) is 17.1. The number of hydrogen-bond donors (Lipinski definition) is 1. The van der Waals surface area contributed by atoms with Crippen LogP contribution in [0.2, 0.25) is 0 Å². The van der Waals surface area contributed by atoms with E-state index in [4.69, 9.17) is 4.74 Å². The minimum atomic E-state index is -0.454. The maximum absolute atomic E-state index is 12.7. The molecular weight excluding hydrogens is 404 g/mol. The first kappa shape index (κ1) is 21.3. The van der Waals surface area contributed by atoms with Gasteiger partial charge in [0.05, 0.1) is 17.3 Å². The molecule has 0 saturated carbocycles. The lowest BCUT2D eigenvalue weighted by molar-refractivity contribution is -0.141. The standard InChI is InChI=1S/C21H22N4O4S/c1-13(26)22-15-7-10-17-18(11-15)30-21(25(17)12-19(27)29-4)23-20(28)14-5-8-16(9-6-14)24(2)3/h5-11H,12H2,1-4H3,(H,22,26). The smallest absolute Gasteiger partial charge is 0.325 e. The van der Waals surface area contributed by atoms with E-state index in [1.807, 2.05) is 31.1 Å². The van der Waals surface area contributed by atoms with E-state index in [9.17, 15) is 14.4 Å². The Kier molecular flexibility index (Phi) is 6.31. The Labute approximate surface area is 177 Å². The number of ether oxygens (including phenoxy) is 1. The molecule has 0 fully saturated rings. The van der Waals surface area contributed by atoms with Crippen LogP contribution in [0.25, 0.3) is 10.2 Å². The molecule has 1 N–H and O–H groups in total. The fraction of sp³-hybridized carbons (Fsp3) is 0.238. The van der Waals surface area contributed by atoms with Crippen LogP contribution in [0.4, 0.5) is 11.4 Å². The molecule has 3 aromatic rings. The Bertz CT molecular complexity index is 1180. The number of carbonyl (C=O) groups is 3. The third kappa shape index (κ3) is 4.74. The Morgan fingerprint density at radius 2 is 1.83 bits per heavy atom. The SMILES string of the molecule is COC(=O)Cn1c(=NC(=O)c2ccc(N(C)C)cc2)sc2cc(NC(C)=O)ccc21. The van der Waals surface area contributed by atoms with Crippen molar-refractivity contribution in [1.29, 1.82) is 0 Å². The quantitative estimate of drug-likeness (QED) is 0.633. The number of thiazole rings is 1. The zero-order chi connectivity index (χ0) is 21.8. The third-order valence-corrected chi connectivity index (χ3v) is 5.39. The summed E-state index contributed by atoms with van der Waals surface area (Å²) in [4.78, 5) is 42.5. The Balaban J connectivity index is 2.07. The Hall–Kier alpha value is -3.46. The molecule has 8 nitrogen and oxygen atoms in total. The summed E-state index contributed by atoms with van der Waals surface area (Å²) in [7, 11) is 5.15. The molecule has 0 spiro atoms. The molecule has 2 amide bonds. The van der Waals surface area contributed by atoms with Crippen molar-refractivity contribution >= 4 is 50.7 Å². The van der Waals surface area contributed by atoms with Gasteiger partial charge >= 0.3 is 5.97 Å². The first-order chi connectivity index (χ1) is 14.3. The van der Waals surface area contributed by atoms with Gasteiger partial charge in [-0.3, -0.25) is 14.4 Å². The molecular formula is C21H22N4O4S. The highest BCUT2D eigenvalue weighted by molar-refractivity contribution is 7.16. The van der Waals surface area contributed by atoms with Gasteiger partial charge in [-0.05, 0) is 42.5 Å². The van der Waals surface area contributed by atoms with Gasteiger partial charge in [-0.2, -0.15) is 4.99 Å². The molecule has 156 valence electrons. The van der Waals surface area contributed by atoms with Gasteiger partial charge in [-0.25, -0.2) is 0 Å². The van der Waals surface area contributed by atoms with Crippen molar-refractivity contribution < 1.29 is 19.1 Å². The van der Waals surface area contributed by atoms with E-state index in [0.717, 1.165) is 10.4 Å². The van der Waals surface area contributed by atoms with Crippen molar-refractivity contribution in [3.63, 3.8) is 0 Å². The van der Waals surface area contributed by atoms with Gasteiger partial charge in [-0.1, -0.05) is 11.3 Å². The number of nitrogens with one attached hydrogen (secondary N) is 1. The van der Waals surface area contributed by atoms with E-state index >= 15 is 0 Å². The van der Waals surface area contributed by atoms with E-state index in [1.165, 1.54) is 25.4 Å². The molecule has 0 aliphatic rings. The molecule has 0 bridgehead atoms. The fourth-order valence-electron chi connectivity index (χ4n) is 2.84. The molecule has 0 radical (unpaired) electrons. The average Bonchev–Trinajstić information content (AvgIpc) is 3.03. The zero-order valence-corrected chi connectivity index (χ0v) is 17.9. The lowest BCUT2D eigenvalue weighted by Gasteiger charge is -2.11. The number of benzene rings is 2. The van der Waals surface area contributed by atoms with E-state index in [2.05, 4.69) is 10.3 Å². The van der Waals surface area contributed by atoms with Crippen molar-refractivity contribution in [2.75, 3.05) is 31.4 Å². The molecule has 0 atom stereocenters. The first-order valence-corrected chi connectivity index (χ1v) is 9.94. The Morgan fingerprint density at radius 3 is 2.43 bits per heavy atom. The van der Waals surface area contributed by atoms with Gasteiger partial charge in [0.2, 0.25) is 5.91 Å². The number of fused-ring (bicyclic) bond motifs is 1. The minimum Gasteiger partial charge on any atom is -0.468 e. The van der Waals surface area contributed by atoms with Gasteiger partial charge in [0.15, 0.2) is 4.80 Å². The number of methoxy groups -OCH3 is 1. The average molecular weight is 426 g/mol. The Morgan fingerprint density at radius 1 is 1.13 bits per heavy atom. The summed E-state index contributed by atoms with van der Waals surface area (Å²) >= 11 is 1.26. The summed E-state index contributed by atoms with van der Waals surface area (Å²) in [5.41, 5.74) is 2.76. The predicted octanol–water partition coefficient (Wildman–Crippen LogP) is 2.64. The summed E-state index contributed by atoms with van der Waals surface area (Å²) in [6.45, 7) is 1.35. The lowest BCUT2D eigenvalue weighted by atomic mass is 10.2. The summed E-state index contributed by atoms with van der Waals surface area (Å²) in [6.07, 6.45) is 0. The van der Waals surface area contributed by atoms with E-state index in [-0.39, 0.29) is 12.5 Å². The van der Waals surface area contributed by atoms with E-state index in [0.29, 0.717) is 21.6 Å². The van der Waals surface area contributed by atoms with Crippen molar-refractivity contribution in [3.05, 3.63) is 52.8 Å². The van der Waals surface area contributed by atoms with Gasteiger partial charge in [0.25, 0.3) is 5.91 Å². The number of anilines is 2. The summed E-state index contributed by atoms with van der Waals surface area (Å²) < 4.78 is 7.20. The fourth-order valence-corrected chi connectivity index (χ4v) is 3.91. The summed E-state index contributed by atoms with van der Waals surface area (Å²) in [5.74, 6) is -1.05. The number of rotatable bonds is 5. The third-order valence-electron chi connectivity index (χ3n) is 4.35. The maximum atomic E-state index is 12.7. The second-order valence-corrected chi connectivity index (χ2v) is 7.78. The van der Waals surface area contributed by atoms with Gasteiger partial charge in [-0.15, -0.1) is 0 Å². The maximum Gasteiger partial charge on any atom is 0.325 e. The van der Waals surface area contributed by atoms with Gasteiger partial charge in [0, 0.05) is 38.0 Å². The number of amides is 2. The largest absolute Gasteiger partial charge is 0.468 e. The monoisotopic (exact) mass is 426 g/mol. The molecule has 2 aromatic carbocycles. The molecule has 30 heavy (non-hydrogen) atoms. The van der Waals surface area contributed by atoms with E-state index < -0.39 is 11.9 Å².